The van der Waals surface area contributed by atoms with Gasteiger partial charge in [-0.05, 0) is 35.8 Å². The molecule has 3 rings (SSSR count). The van der Waals surface area contributed by atoms with Gasteiger partial charge in [0.25, 0.3) is 0 Å². The summed E-state index contributed by atoms with van der Waals surface area (Å²) in [7, 11) is 0. The van der Waals surface area contributed by atoms with Crippen LogP contribution in [0.4, 0.5) is 4.39 Å². The van der Waals surface area contributed by atoms with Crippen LogP contribution in [0.15, 0.2) is 47.3 Å². The van der Waals surface area contributed by atoms with Crippen LogP contribution in [0.5, 0.6) is 0 Å². The van der Waals surface area contributed by atoms with E-state index in [-0.39, 0.29) is 23.0 Å². The average Bonchev–Trinajstić information content (AvgIpc) is 2.86. The first kappa shape index (κ1) is 17.7. The Bertz CT molecular complexity index is 768. The van der Waals surface area contributed by atoms with E-state index in [4.69, 9.17) is 11.6 Å². The Morgan fingerprint density at radius 2 is 2.08 bits per heavy atom. The molecule has 1 unspecified atom stereocenters. The third-order valence-electron chi connectivity index (χ3n) is 4.67. The highest BCUT2D eigenvalue weighted by Crippen LogP contribution is 2.40. The summed E-state index contributed by atoms with van der Waals surface area (Å²) in [6, 6.07) is 5.72. The molecule has 0 aliphatic carbocycles. The van der Waals surface area contributed by atoms with Crippen molar-refractivity contribution in [3.05, 3.63) is 58.7 Å². The number of amides is 1. The van der Waals surface area contributed by atoms with Gasteiger partial charge in [-0.15, -0.1) is 11.6 Å². The number of carbonyl (C=O) groups is 2. The number of alkyl halides is 1. The molecule has 1 atom stereocenters. The summed E-state index contributed by atoms with van der Waals surface area (Å²) < 4.78 is 13.1. The summed E-state index contributed by atoms with van der Waals surface area (Å²) in [5, 5.41) is 3.28. The second kappa shape index (κ2) is 6.64. The van der Waals surface area contributed by atoms with Crippen molar-refractivity contribution in [1.29, 1.82) is 0 Å². The molecule has 25 heavy (non-hydrogen) atoms. The van der Waals surface area contributed by atoms with Gasteiger partial charge in [-0.2, -0.15) is 0 Å². The fraction of sp³-hybridized carbons (Fsp3) is 0.368. The first-order valence-electron chi connectivity index (χ1n) is 8.13. The summed E-state index contributed by atoms with van der Waals surface area (Å²) in [5.41, 5.74) is 3.11. The molecule has 1 N–H and O–H groups in total. The second-order valence-electron chi connectivity index (χ2n) is 7.04. The average molecular weight is 363 g/mol. The van der Waals surface area contributed by atoms with Gasteiger partial charge in [0.1, 0.15) is 24.0 Å². The maximum Gasteiger partial charge on any atom is 0.241 e. The van der Waals surface area contributed by atoms with Crippen molar-refractivity contribution < 1.29 is 14.0 Å². The highest BCUT2D eigenvalue weighted by Gasteiger charge is 2.42. The number of nitrogens with one attached hydrogen (secondary N) is 1. The summed E-state index contributed by atoms with van der Waals surface area (Å²) in [4.78, 5) is 25.5. The molecule has 0 saturated carbocycles. The molecule has 2 aliphatic heterocycles. The number of carbonyl (C=O) groups excluding carboxylic acids is 2. The summed E-state index contributed by atoms with van der Waals surface area (Å²) in [6.45, 7) is 4.57. The molecular weight excluding hydrogens is 343 g/mol. The minimum absolute atomic E-state index is 0.0922. The van der Waals surface area contributed by atoms with Gasteiger partial charge in [-0.3, -0.25) is 4.79 Å². The smallest absolute Gasteiger partial charge is 0.241 e. The Hall–Kier alpha value is -2.14. The predicted octanol–water partition coefficient (Wildman–Crippen LogP) is 2.78. The van der Waals surface area contributed by atoms with Crippen LogP contribution in [-0.2, 0) is 16.0 Å². The predicted molar refractivity (Wildman–Crippen MR) is 94.4 cm³/mol. The lowest BCUT2D eigenvalue weighted by atomic mass is 9.87. The summed E-state index contributed by atoms with van der Waals surface area (Å²) >= 11 is 5.75. The zero-order chi connectivity index (χ0) is 18.2. The molecule has 0 radical (unpaired) electrons. The van der Waals surface area contributed by atoms with Crippen LogP contribution in [0.3, 0.4) is 0 Å². The van der Waals surface area contributed by atoms with E-state index in [1.54, 1.807) is 17.0 Å². The molecule has 0 fully saturated rings. The number of nitrogens with zero attached hydrogens (tertiary/aromatic N) is 1. The molecule has 0 spiro atoms. The lowest BCUT2D eigenvalue weighted by Gasteiger charge is -2.29. The molecule has 0 aromatic heterocycles. The molecule has 0 bridgehead atoms. The molecule has 1 amide bonds. The minimum atomic E-state index is -0.464. The maximum atomic E-state index is 13.1. The highest BCUT2D eigenvalue weighted by atomic mass is 35.5. The van der Waals surface area contributed by atoms with Crippen molar-refractivity contribution in [2.75, 3.05) is 12.4 Å². The van der Waals surface area contributed by atoms with Gasteiger partial charge in [0.2, 0.25) is 5.91 Å². The largest absolute Gasteiger partial charge is 0.373 e. The second-order valence-corrected chi connectivity index (χ2v) is 7.31. The lowest BCUT2D eigenvalue weighted by Crippen LogP contribution is -2.39. The lowest BCUT2D eigenvalue weighted by molar-refractivity contribution is -0.126. The van der Waals surface area contributed by atoms with Gasteiger partial charge >= 0.3 is 0 Å². The molecule has 6 heteroatoms. The van der Waals surface area contributed by atoms with Crippen LogP contribution < -0.4 is 5.32 Å². The van der Waals surface area contributed by atoms with E-state index in [1.165, 1.54) is 12.1 Å². The monoisotopic (exact) mass is 362 g/mol. The number of hydrogen-bond acceptors (Lipinski definition) is 3. The molecule has 2 heterocycles. The number of aldehydes is 1. The zero-order valence-corrected chi connectivity index (χ0v) is 14.9. The van der Waals surface area contributed by atoms with Crippen molar-refractivity contribution in [2.45, 2.75) is 26.3 Å². The minimum Gasteiger partial charge on any atom is -0.373 e. The molecular formula is C19H20ClFN2O2. The Labute approximate surface area is 151 Å². The number of halogens is 2. The highest BCUT2D eigenvalue weighted by molar-refractivity contribution is 6.27. The van der Waals surface area contributed by atoms with Gasteiger partial charge in [-0.1, -0.05) is 26.0 Å². The molecule has 2 aliphatic rings. The molecule has 132 valence electrons. The number of rotatable bonds is 4. The maximum absolute atomic E-state index is 13.1. The van der Waals surface area contributed by atoms with Crippen LogP contribution in [0.1, 0.15) is 19.4 Å². The van der Waals surface area contributed by atoms with E-state index < -0.39 is 6.04 Å². The van der Waals surface area contributed by atoms with Crippen molar-refractivity contribution in [2.24, 2.45) is 5.41 Å². The van der Waals surface area contributed by atoms with Crippen LogP contribution in [-0.4, -0.2) is 35.6 Å². The molecule has 4 nitrogen and oxygen atoms in total. The van der Waals surface area contributed by atoms with Crippen LogP contribution >= 0.6 is 11.6 Å². The van der Waals surface area contributed by atoms with Gasteiger partial charge in [0.05, 0.1) is 5.70 Å². The van der Waals surface area contributed by atoms with Gasteiger partial charge in [0.15, 0.2) is 0 Å². The van der Waals surface area contributed by atoms with E-state index in [2.05, 4.69) is 5.32 Å². The first-order valence-corrected chi connectivity index (χ1v) is 8.67. The topological polar surface area (TPSA) is 49.4 Å². The molecule has 1 aromatic carbocycles. The first-order chi connectivity index (χ1) is 11.9. The molecule has 1 aromatic rings. The SMILES string of the molecule is CC1(C)CN(C(=O)CCl)C2=C1NC(C=O)C(Cc1ccc(F)cc1)=C2. The van der Waals surface area contributed by atoms with Crippen molar-refractivity contribution in [3.8, 4) is 0 Å². The Balaban J connectivity index is 1.98. The van der Waals surface area contributed by atoms with Crippen molar-refractivity contribution >= 4 is 23.8 Å². The van der Waals surface area contributed by atoms with Crippen LogP contribution in [0, 0.1) is 11.2 Å². The van der Waals surface area contributed by atoms with E-state index in [0.717, 1.165) is 28.8 Å². The van der Waals surface area contributed by atoms with Gasteiger partial charge in [-0.25, -0.2) is 4.39 Å². The summed E-state index contributed by atoms with van der Waals surface area (Å²) in [6.07, 6.45) is 3.26. The Morgan fingerprint density at radius 3 is 2.68 bits per heavy atom. The molecule has 0 saturated heterocycles. The normalized spacial score (nSPS) is 21.5. The number of hydrogen-bond donors (Lipinski definition) is 1. The van der Waals surface area contributed by atoms with E-state index in [9.17, 15) is 14.0 Å². The van der Waals surface area contributed by atoms with E-state index >= 15 is 0 Å². The number of allylic oxidation sites excluding steroid dienone is 1. The fourth-order valence-electron chi connectivity index (χ4n) is 3.39. The number of dihydropyridines is 1. The van der Waals surface area contributed by atoms with Crippen LogP contribution in [0.2, 0.25) is 0 Å². The third-order valence-corrected chi connectivity index (χ3v) is 4.90. The van der Waals surface area contributed by atoms with Crippen molar-refractivity contribution in [1.82, 2.24) is 10.2 Å². The van der Waals surface area contributed by atoms with E-state index in [0.29, 0.717) is 13.0 Å². The Morgan fingerprint density at radius 1 is 1.40 bits per heavy atom. The van der Waals surface area contributed by atoms with E-state index in [1.807, 2.05) is 19.9 Å². The standard InChI is InChI=1S/C19H20ClFN2O2/c1-19(2)11-23(17(25)9-20)16-8-13(15(10-24)22-18(16)19)7-12-3-5-14(21)6-4-12/h3-6,8,10,15,22H,7,9,11H2,1-2H3. The zero-order valence-electron chi connectivity index (χ0n) is 14.2. The van der Waals surface area contributed by atoms with Gasteiger partial charge < -0.3 is 15.0 Å². The fourth-order valence-corrected chi connectivity index (χ4v) is 3.53. The Kier molecular flexibility index (Phi) is 4.69. The van der Waals surface area contributed by atoms with Crippen LogP contribution in [0.25, 0.3) is 0 Å². The number of benzene rings is 1. The third kappa shape index (κ3) is 3.33. The quantitative estimate of drug-likeness (QED) is 0.662. The van der Waals surface area contributed by atoms with Gasteiger partial charge in [0, 0.05) is 17.7 Å². The summed E-state index contributed by atoms with van der Waals surface area (Å²) in [5.74, 6) is -0.554. The van der Waals surface area contributed by atoms with Crippen molar-refractivity contribution in [3.63, 3.8) is 0 Å².